The second kappa shape index (κ2) is 4.39. The van der Waals surface area contributed by atoms with E-state index < -0.39 is 0 Å². The van der Waals surface area contributed by atoms with Gasteiger partial charge in [0.2, 0.25) is 5.91 Å². The van der Waals surface area contributed by atoms with E-state index in [9.17, 15) is 4.79 Å². The summed E-state index contributed by atoms with van der Waals surface area (Å²) in [5, 5.41) is 1.19. The van der Waals surface area contributed by atoms with Crippen LogP contribution in [0.5, 0.6) is 0 Å². The normalized spacial score (nSPS) is 10.6. The molecule has 16 heavy (non-hydrogen) atoms. The molecule has 0 bridgehead atoms. The van der Waals surface area contributed by atoms with E-state index in [1.165, 1.54) is 10.9 Å². The van der Waals surface area contributed by atoms with Gasteiger partial charge in [-0.25, -0.2) is 0 Å². The molecule has 3 heteroatoms. The lowest BCUT2D eigenvalue weighted by molar-refractivity contribution is -0.130. The number of aromatic nitrogens is 1. The molecule has 1 amide bonds. The summed E-state index contributed by atoms with van der Waals surface area (Å²) in [5.41, 5.74) is 2.29. The number of aromatic amines is 1. The first-order valence-electron chi connectivity index (χ1n) is 5.51. The van der Waals surface area contributed by atoms with Gasteiger partial charge in [-0.3, -0.25) is 4.79 Å². The maximum Gasteiger partial charge on any atom is 0.222 e. The van der Waals surface area contributed by atoms with Gasteiger partial charge in [0, 0.05) is 37.1 Å². The molecule has 1 aromatic carbocycles. The summed E-state index contributed by atoms with van der Waals surface area (Å²) in [6.45, 7) is 2.55. The van der Waals surface area contributed by atoms with E-state index in [1.54, 1.807) is 4.90 Å². The molecule has 0 spiro atoms. The number of H-pyrrole nitrogens is 1. The van der Waals surface area contributed by atoms with Crippen LogP contribution in [0.15, 0.2) is 30.5 Å². The molecule has 1 N–H and O–H groups in total. The number of hydrogen-bond acceptors (Lipinski definition) is 1. The van der Waals surface area contributed by atoms with Crippen LogP contribution in [0.2, 0.25) is 0 Å². The number of rotatable bonds is 3. The van der Waals surface area contributed by atoms with Crippen LogP contribution in [0.4, 0.5) is 0 Å². The van der Waals surface area contributed by atoms with Crippen LogP contribution < -0.4 is 0 Å². The van der Waals surface area contributed by atoms with Crippen molar-refractivity contribution >= 4 is 16.8 Å². The maximum atomic E-state index is 11.5. The molecule has 0 aliphatic heterocycles. The molecule has 0 fully saturated rings. The van der Waals surface area contributed by atoms with Gasteiger partial charge in [0.1, 0.15) is 0 Å². The number of nitrogens with zero attached hydrogens (tertiary/aromatic N) is 1. The topological polar surface area (TPSA) is 36.1 Å². The minimum absolute atomic E-state index is 0.172. The summed E-state index contributed by atoms with van der Waals surface area (Å²) in [6.07, 6.45) is 2.53. The Morgan fingerprint density at radius 3 is 2.88 bits per heavy atom. The second-order valence-electron chi connectivity index (χ2n) is 3.96. The Balaban J connectivity index is 2.24. The van der Waals surface area contributed by atoms with Crippen LogP contribution in [-0.4, -0.2) is 22.8 Å². The van der Waals surface area contributed by atoms with E-state index in [-0.39, 0.29) is 5.91 Å². The summed E-state index contributed by atoms with van der Waals surface area (Å²) >= 11 is 0. The molecule has 1 aromatic heterocycles. The van der Waals surface area contributed by atoms with Crippen molar-refractivity contribution in [2.24, 2.45) is 0 Å². The predicted molar refractivity (Wildman–Crippen MR) is 65.1 cm³/mol. The summed E-state index contributed by atoms with van der Waals surface area (Å²) in [4.78, 5) is 16.5. The van der Waals surface area contributed by atoms with Crippen molar-refractivity contribution in [3.05, 3.63) is 36.0 Å². The lowest BCUT2D eigenvalue weighted by Gasteiger charge is -2.15. The number of amides is 1. The molecule has 0 saturated carbocycles. The zero-order chi connectivity index (χ0) is 11.5. The number of nitrogens with one attached hydrogen (secondary N) is 1. The lowest BCUT2D eigenvalue weighted by atomic mass is 10.1. The number of fused-ring (bicyclic) bond motifs is 1. The van der Waals surface area contributed by atoms with E-state index in [0.717, 1.165) is 5.52 Å². The fourth-order valence-electron chi connectivity index (χ4n) is 1.88. The molecule has 3 nitrogen and oxygen atoms in total. The van der Waals surface area contributed by atoms with Gasteiger partial charge in [0.05, 0.1) is 0 Å². The quantitative estimate of drug-likeness (QED) is 0.840. The summed E-state index contributed by atoms with van der Waals surface area (Å²) in [5.74, 6) is 0.172. The first-order chi connectivity index (χ1) is 7.72. The van der Waals surface area contributed by atoms with Crippen molar-refractivity contribution < 1.29 is 4.79 Å². The fourth-order valence-corrected chi connectivity index (χ4v) is 1.88. The van der Waals surface area contributed by atoms with E-state index in [0.29, 0.717) is 13.0 Å². The van der Waals surface area contributed by atoms with Gasteiger partial charge in [0.15, 0.2) is 0 Å². The first-order valence-corrected chi connectivity index (χ1v) is 5.51. The standard InChI is InChI=1S/C13H16N2O/c1-3-13(16)15(2)9-10-8-14-12-7-5-4-6-11(10)12/h4-8,14H,3,9H2,1-2H3. The third-order valence-corrected chi connectivity index (χ3v) is 2.81. The van der Waals surface area contributed by atoms with E-state index in [2.05, 4.69) is 11.1 Å². The van der Waals surface area contributed by atoms with Gasteiger partial charge in [-0.1, -0.05) is 25.1 Å². The van der Waals surface area contributed by atoms with Crippen LogP contribution in [0.25, 0.3) is 10.9 Å². The Hall–Kier alpha value is -1.77. The van der Waals surface area contributed by atoms with Crippen molar-refractivity contribution in [3.63, 3.8) is 0 Å². The predicted octanol–water partition coefficient (Wildman–Crippen LogP) is 2.54. The largest absolute Gasteiger partial charge is 0.361 e. The number of para-hydroxylation sites is 1. The van der Waals surface area contributed by atoms with Gasteiger partial charge < -0.3 is 9.88 Å². The summed E-state index contributed by atoms with van der Waals surface area (Å²) in [7, 11) is 1.84. The molecule has 0 radical (unpaired) electrons. The SMILES string of the molecule is CCC(=O)N(C)Cc1c[nH]c2ccccc12. The van der Waals surface area contributed by atoms with E-state index in [4.69, 9.17) is 0 Å². The Morgan fingerprint density at radius 2 is 2.12 bits per heavy atom. The molecule has 2 aromatic rings. The minimum Gasteiger partial charge on any atom is -0.361 e. The Bertz CT molecular complexity index is 501. The fraction of sp³-hybridized carbons (Fsp3) is 0.308. The third-order valence-electron chi connectivity index (χ3n) is 2.81. The van der Waals surface area contributed by atoms with E-state index >= 15 is 0 Å². The van der Waals surface area contributed by atoms with Crippen LogP contribution in [0, 0.1) is 0 Å². The zero-order valence-electron chi connectivity index (χ0n) is 9.66. The minimum atomic E-state index is 0.172. The van der Waals surface area contributed by atoms with Crippen molar-refractivity contribution in [1.29, 1.82) is 0 Å². The smallest absolute Gasteiger partial charge is 0.222 e. The number of carbonyl (C=O) groups is 1. The second-order valence-corrected chi connectivity index (χ2v) is 3.96. The lowest BCUT2D eigenvalue weighted by Crippen LogP contribution is -2.24. The highest BCUT2D eigenvalue weighted by molar-refractivity contribution is 5.83. The molecule has 84 valence electrons. The average molecular weight is 216 g/mol. The summed E-state index contributed by atoms with van der Waals surface area (Å²) in [6, 6.07) is 8.14. The van der Waals surface area contributed by atoms with Crippen molar-refractivity contribution in [2.45, 2.75) is 19.9 Å². The molecular weight excluding hydrogens is 200 g/mol. The molecular formula is C13H16N2O. The van der Waals surface area contributed by atoms with Crippen LogP contribution in [0.1, 0.15) is 18.9 Å². The maximum absolute atomic E-state index is 11.5. The molecule has 0 aliphatic carbocycles. The van der Waals surface area contributed by atoms with Crippen LogP contribution >= 0.6 is 0 Å². The Morgan fingerprint density at radius 1 is 1.38 bits per heavy atom. The van der Waals surface area contributed by atoms with Gasteiger partial charge in [-0.05, 0) is 11.6 Å². The van der Waals surface area contributed by atoms with Crippen molar-refractivity contribution in [1.82, 2.24) is 9.88 Å². The zero-order valence-corrected chi connectivity index (χ0v) is 9.66. The molecule has 0 unspecified atom stereocenters. The van der Waals surface area contributed by atoms with Gasteiger partial charge in [-0.2, -0.15) is 0 Å². The number of carbonyl (C=O) groups excluding carboxylic acids is 1. The monoisotopic (exact) mass is 216 g/mol. The Labute approximate surface area is 95.1 Å². The van der Waals surface area contributed by atoms with Crippen LogP contribution in [0.3, 0.4) is 0 Å². The molecule has 0 saturated heterocycles. The van der Waals surface area contributed by atoms with Gasteiger partial charge in [-0.15, -0.1) is 0 Å². The third kappa shape index (κ3) is 1.94. The van der Waals surface area contributed by atoms with Gasteiger partial charge in [0.25, 0.3) is 0 Å². The van der Waals surface area contributed by atoms with E-state index in [1.807, 2.05) is 38.4 Å². The van der Waals surface area contributed by atoms with Gasteiger partial charge >= 0.3 is 0 Å². The molecule has 2 rings (SSSR count). The number of benzene rings is 1. The molecule has 1 heterocycles. The first kappa shape index (κ1) is 10.7. The van der Waals surface area contributed by atoms with Crippen molar-refractivity contribution in [2.75, 3.05) is 7.05 Å². The average Bonchev–Trinajstić information content (AvgIpc) is 2.72. The highest BCUT2D eigenvalue weighted by atomic mass is 16.2. The summed E-state index contributed by atoms with van der Waals surface area (Å²) < 4.78 is 0. The number of hydrogen-bond donors (Lipinski definition) is 1. The van der Waals surface area contributed by atoms with Crippen molar-refractivity contribution in [3.8, 4) is 0 Å². The van der Waals surface area contributed by atoms with Crippen LogP contribution in [-0.2, 0) is 11.3 Å². The highest BCUT2D eigenvalue weighted by Crippen LogP contribution is 2.18. The molecule has 0 atom stereocenters. The Kier molecular flexibility index (Phi) is 2.95. The molecule has 0 aliphatic rings. The highest BCUT2D eigenvalue weighted by Gasteiger charge is 2.09.